The summed E-state index contributed by atoms with van der Waals surface area (Å²) >= 11 is -0.202. The minimum Gasteiger partial charge on any atom is -1.00 e. The van der Waals surface area contributed by atoms with E-state index in [-0.39, 0.29) is 60.1 Å². The summed E-state index contributed by atoms with van der Waals surface area (Å²) in [5.41, 5.74) is 0. The number of aliphatic hydroxyl groups is 1. The Morgan fingerprint density at radius 2 is 2.14 bits per heavy atom. The maximum Gasteiger partial charge on any atom is -1.00 e. The third-order valence-corrected chi connectivity index (χ3v) is 6.70. The monoisotopic (exact) mass is 284 g/mol. The first-order valence-electron chi connectivity index (χ1n) is 4.16. The van der Waals surface area contributed by atoms with Gasteiger partial charge in [0.1, 0.15) is 0 Å². The summed E-state index contributed by atoms with van der Waals surface area (Å²) in [4.78, 5) is 11.3. The average Bonchev–Trinajstić information content (AvgIpc) is 2.72. The number of carbonyl (C=O) groups is 1. The number of hydrogen-bond acceptors (Lipinski definition) is 2. The van der Waals surface area contributed by atoms with Crippen LogP contribution in [0, 0.1) is 0 Å². The van der Waals surface area contributed by atoms with Crippen LogP contribution < -0.4 is 24.8 Å². The molecular weight excluding hydrogens is 275 g/mol. The van der Waals surface area contributed by atoms with E-state index in [4.69, 9.17) is 5.11 Å². The Bertz CT molecular complexity index is 302. The van der Waals surface area contributed by atoms with Gasteiger partial charge in [0.05, 0.1) is 0 Å². The SMILES string of the molecule is O=C1C=C2[SiH2]C2=[C]1[Ti+2][CH2]CCO.[Cl-].[Cl-]. The molecular formula is C8H10Cl2O2SiTi. The van der Waals surface area contributed by atoms with E-state index in [9.17, 15) is 4.79 Å². The van der Waals surface area contributed by atoms with Crippen molar-refractivity contribution in [3.8, 4) is 0 Å². The maximum absolute atomic E-state index is 11.3. The zero-order valence-electron chi connectivity index (χ0n) is 7.52. The van der Waals surface area contributed by atoms with Crippen LogP contribution in [0.3, 0.4) is 0 Å². The molecule has 2 nitrogen and oxygen atoms in total. The van der Waals surface area contributed by atoms with Crippen LogP contribution in [0.4, 0.5) is 0 Å². The normalized spacial score (nSPS) is 18.1. The Hall–Kier alpha value is 0.621. The van der Waals surface area contributed by atoms with Crippen molar-refractivity contribution in [1.82, 2.24) is 0 Å². The number of ketones is 1. The van der Waals surface area contributed by atoms with Gasteiger partial charge in [-0.1, -0.05) is 0 Å². The number of fused-ring (bicyclic) bond motifs is 1. The molecule has 2 rings (SSSR count). The number of aliphatic hydroxyl groups excluding tert-OH is 1. The molecule has 1 aliphatic carbocycles. The Balaban J connectivity index is 0.000000845. The summed E-state index contributed by atoms with van der Waals surface area (Å²) in [7, 11) is -0.0330. The van der Waals surface area contributed by atoms with Crippen molar-refractivity contribution in [3.05, 3.63) is 20.3 Å². The Morgan fingerprint density at radius 1 is 1.43 bits per heavy atom. The fourth-order valence-electron chi connectivity index (χ4n) is 1.40. The molecule has 0 aromatic carbocycles. The Morgan fingerprint density at radius 3 is 2.64 bits per heavy atom. The van der Waals surface area contributed by atoms with Crippen LogP contribution in [0.2, 0.25) is 4.73 Å². The molecule has 14 heavy (non-hydrogen) atoms. The van der Waals surface area contributed by atoms with Gasteiger partial charge in [0.15, 0.2) is 0 Å². The molecule has 0 aromatic heterocycles. The molecule has 1 N–H and O–H groups in total. The summed E-state index contributed by atoms with van der Waals surface area (Å²) in [6.07, 6.45) is 2.72. The van der Waals surface area contributed by atoms with Gasteiger partial charge in [-0.3, -0.25) is 0 Å². The molecule has 2 aliphatic rings. The van der Waals surface area contributed by atoms with Crippen LogP contribution in [0.25, 0.3) is 0 Å². The Labute approximate surface area is 107 Å². The molecule has 1 heterocycles. The molecule has 0 spiro atoms. The first-order chi connectivity index (χ1) is 5.83. The van der Waals surface area contributed by atoms with Gasteiger partial charge in [-0.25, -0.2) is 0 Å². The first kappa shape index (κ1) is 14.6. The topological polar surface area (TPSA) is 37.3 Å². The standard InChI is InChI=1S/C5H3OSi.C3H7O.2ClH.Ti/c6-3-1-4-5(2-3)7-4;1-2-3-4;;;/h1H,7H2;4H,1-3H2;2*1H;/q;;;;+2/p-2. The van der Waals surface area contributed by atoms with Crippen LogP contribution >= 0.6 is 0 Å². The van der Waals surface area contributed by atoms with Crippen LogP contribution in [0.15, 0.2) is 20.3 Å². The van der Waals surface area contributed by atoms with E-state index in [1.54, 1.807) is 0 Å². The van der Waals surface area contributed by atoms with Gasteiger partial charge >= 0.3 is 82.5 Å². The van der Waals surface area contributed by atoms with Gasteiger partial charge in [-0.15, -0.1) is 0 Å². The minimum absolute atomic E-state index is 0. The van der Waals surface area contributed by atoms with Crippen molar-refractivity contribution in [2.24, 2.45) is 0 Å². The second-order valence-corrected chi connectivity index (χ2v) is 7.00. The number of carbonyl (C=O) groups excluding carboxylic acids is 1. The molecule has 0 saturated carbocycles. The zero-order valence-corrected chi connectivity index (χ0v) is 12.0. The number of hydrogen-bond donors (Lipinski definition) is 1. The molecule has 0 atom stereocenters. The summed E-state index contributed by atoms with van der Waals surface area (Å²) in [5.74, 6) is 0.302. The van der Waals surface area contributed by atoms with Crippen molar-refractivity contribution < 1.29 is 53.9 Å². The molecule has 76 valence electrons. The quantitative estimate of drug-likeness (QED) is 0.412. The van der Waals surface area contributed by atoms with Crippen LogP contribution in [0.5, 0.6) is 0 Å². The van der Waals surface area contributed by atoms with E-state index >= 15 is 0 Å². The van der Waals surface area contributed by atoms with E-state index in [0.717, 1.165) is 11.1 Å². The summed E-state index contributed by atoms with van der Waals surface area (Å²) < 4.78 is 2.28. The molecule has 1 fully saturated rings. The van der Waals surface area contributed by atoms with Crippen LogP contribution in [-0.2, 0) is 23.9 Å². The molecule has 1 saturated heterocycles. The number of halogens is 2. The van der Waals surface area contributed by atoms with E-state index in [0.29, 0.717) is 5.78 Å². The predicted molar refractivity (Wildman–Crippen MR) is 45.2 cm³/mol. The molecule has 1 aliphatic heterocycles. The third kappa shape index (κ3) is 3.05. The molecule has 6 heteroatoms. The second kappa shape index (κ2) is 6.26. The van der Waals surface area contributed by atoms with Crippen molar-refractivity contribution >= 4 is 15.3 Å². The van der Waals surface area contributed by atoms with Gasteiger partial charge in [0.25, 0.3) is 0 Å². The number of rotatable bonds is 4. The molecule has 0 amide bonds. The minimum atomic E-state index is -0.202. The van der Waals surface area contributed by atoms with Crippen molar-refractivity contribution in [2.45, 2.75) is 11.1 Å². The molecule has 0 unspecified atom stereocenters. The smallest absolute Gasteiger partial charge is 1.00 e. The van der Waals surface area contributed by atoms with Crippen molar-refractivity contribution in [2.75, 3.05) is 6.61 Å². The summed E-state index contributed by atoms with van der Waals surface area (Å²) in [6.45, 7) is 0.276. The Kier molecular flexibility index (Phi) is 6.54. The van der Waals surface area contributed by atoms with Crippen molar-refractivity contribution in [3.63, 3.8) is 0 Å². The molecule has 0 aromatic rings. The largest absolute Gasteiger partial charge is 1.00 e. The average molecular weight is 285 g/mol. The second-order valence-electron chi connectivity index (χ2n) is 3.07. The van der Waals surface area contributed by atoms with Crippen LogP contribution in [0.1, 0.15) is 6.42 Å². The van der Waals surface area contributed by atoms with E-state index in [1.807, 2.05) is 6.08 Å². The maximum atomic E-state index is 11.3. The van der Waals surface area contributed by atoms with E-state index in [1.165, 1.54) is 14.3 Å². The fraction of sp³-hybridized carbons (Fsp3) is 0.375. The summed E-state index contributed by atoms with van der Waals surface area (Å²) in [6, 6.07) is 0. The van der Waals surface area contributed by atoms with Gasteiger partial charge in [-0.2, -0.15) is 0 Å². The van der Waals surface area contributed by atoms with Crippen molar-refractivity contribution in [1.29, 1.82) is 0 Å². The first-order valence-corrected chi connectivity index (χ1v) is 7.46. The predicted octanol–water partition coefficient (Wildman–Crippen LogP) is -6.26. The zero-order chi connectivity index (χ0) is 8.55. The fourth-order valence-corrected chi connectivity index (χ4v) is 5.70. The molecule has 0 bridgehead atoms. The molecule has 0 radical (unpaired) electrons. The number of allylic oxidation sites excluding steroid dienone is 4. The van der Waals surface area contributed by atoms with E-state index < -0.39 is 0 Å². The van der Waals surface area contributed by atoms with Gasteiger partial charge < -0.3 is 24.8 Å². The van der Waals surface area contributed by atoms with Gasteiger partial charge in [0, 0.05) is 0 Å². The van der Waals surface area contributed by atoms with Gasteiger partial charge in [0.2, 0.25) is 0 Å². The van der Waals surface area contributed by atoms with E-state index in [2.05, 4.69) is 0 Å². The van der Waals surface area contributed by atoms with Crippen LogP contribution in [-0.4, -0.2) is 27.0 Å². The third-order valence-electron chi connectivity index (χ3n) is 2.12. The summed E-state index contributed by atoms with van der Waals surface area (Å²) in [5, 5.41) is 11.5. The van der Waals surface area contributed by atoms with Gasteiger partial charge in [-0.05, 0) is 0 Å².